The van der Waals surface area contributed by atoms with Gasteiger partial charge in [0.25, 0.3) is 0 Å². The van der Waals surface area contributed by atoms with Crippen molar-refractivity contribution < 1.29 is 13.2 Å². The lowest BCUT2D eigenvalue weighted by molar-refractivity contribution is -0.0329. The fourth-order valence-electron chi connectivity index (χ4n) is 2.22. The van der Waals surface area contributed by atoms with Gasteiger partial charge < -0.3 is 5.32 Å². The van der Waals surface area contributed by atoms with Crippen molar-refractivity contribution in [3.8, 4) is 0 Å². The second-order valence-corrected chi connectivity index (χ2v) is 6.02. The van der Waals surface area contributed by atoms with Gasteiger partial charge in [-0.15, -0.1) is 0 Å². The molecule has 1 nitrogen and oxygen atoms in total. The molecule has 2 aliphatic rings. The van der Waals surface area contributed by atoms with Crippen molar-refractivity contribution >= 4 is 11.8 Å². The SMILES string of the molecule is FC(F)(F)SCCC1CCC1CNC1CC1. The van der Waals surface area contributed by atoms with Gasteiger partial charge in [-0.2, -0.15) is 13.2 Å². The van der Waals surface area contributed by atoms with Crippen LogP contribution in [0, 0.1) is 11.8 Å². The molecule has 1 N–H and O–H groups in total. The third kappa shape index (κ3) is 4.17. The van der Waals surface area contributed by atoms with Crippen molar-refractivity contribution in [2.75, 3.05) is 12.3 Å². The van der Waals surface area contributed by atoms with Crippen molar-refractivity contribution in [3.63, 3.8) is 0 Å². The summed E-state index contributed by atoms with van der Waals surface area (Å²) in [6, 6.07) is 0.714. The summed E-state index contributed by atoms with van der Waals surface area (Å²) in [4.78, 5) is 0. The van der Waals surface area contributed by atoms with E-state index in [1.165, 1.54) is 19.3 Å². The van der Waals surface area contributed by atoms with E-state index in [1.807, 2.05) is 0 Å². The van der Waals surface area contributed by atoms with Crippen LogP contribution >= 0.6 is 11.8 Å². The topological polar surface area (TPSA) is 12.0 Å². The predicted molar refractivity (Wildman–Crippen MR) is 60.4 cm³/mol. The largest absolute Gasteiger partial charge is 0.441 e. The van der Waals surface area contributed by atoms with Crippen LogP contribution in [-0.2, 0) is 0 Å². The Morgan fingerprint density at radius 3 is 2.25 bits per heavy atom. The van der Waals surface area contributed by atoms with Crippen LogP contribution < -0.4 is 5.32 Å². The molecule has 0 aliphatic heterocycles. The highest BCUT2D eigenvalue weighted by Crippen LogP contribution is 2.39. The van der Waals surface area contributed by atoms with Gasteiger partial charge >= 0.3 is 5.51 Å². The number of alkyl halides is 3. The first-order valence-electron chi connectivity index (χ1n) is 5.98. The van der Waals surface area contributed by atoms with Crippen LogP contribution in [0.1, 0.15) is 32.1 Å². The number of rotatable bonds is 6. The van der Waals surface area contributed by atoms with E-state index in [-0.39, 0.29) is 17.5 Å². The van der Waals surface area contributed by atoms with Gasteiger partial charge in [0.05, 0.1) is 0 Å². The molecule has 0 saturated heterocycles. The predicted octanol–water partition coefficient (Wildman–Crippen LogP) is 3.41. The summed E-state index contributed by atoms with van der Waals surface area (Å²) in [6.07, 6.45) is 5.60. The minimum atomic E-state index is -4.05. The van der Waals surface area contributed by atoms with Gasteiger partial charge in [-0.25, -0.2) is 0 Å². The molecule has 2 saturated carbocycles. The molecule has 0 heterocycles. The first-order valence-corrected chi connectivity index (χ1v) is 6.97. The van der Waals surface area contributed by atoms with Crippen LogP contribution in [0.2, 0.25) is 0 Å². The lowest BCUT2D eigenvalue weighted by Crippen LogP contribution is -2.36. The second kappa shape index (κ2) is 5.17. The maximum Gasteiger partial charge on any atom is 0.441 e. The Bertz CT molecular complexity index is 228. The van der Waals surface area contributed by atoms with Crippen LogP contribution in [0.25, 0.3) is 0 Å². The van der Waals surface area contributed by atoms with Crippen molar-refractivity contribution in [1.29, 1.82) is 0 Å². The quantitative estimate of drug-likeness (QED) is 0.778. The molecule has 0 amide bonds. The molecule has 2 fully saturated rings. The van der Waals surface area contributed by atoms with Crippen molar-refractivity contribution in [3.05, 3.63) is 0 Å². The zero-order valence-electron chi connectivity index (χ0n) is 9.22. The van der Waals surface area contributed by atoms with Gasteiger partial charge in [0, 0.05) is 11.8 Å². The van der Waals surface area contributed by atoms with Crippen LogP contribution in [0.5, 0.6) is 0 Å². The molecule has 2 rings (SSSR count). The summed E-state index contributed by atoms with van der Waals surface area (Å²) in [5.74, 6) is 1.39. The lowest BCUT2D eigenvalue weighted by Gasteiger charge is -2.37. The molecular weight excluding hydrogens is 235 g/mol. The Morgan fingerprint density at radius 2 is 1.75 bits per heavy atom. The fourth-order valence-corrected chi connectivity index (χ4v) is 2.87. The fraction of sp³-hybridized carbons (Fsp3) is 1.00. The Hall–Kier alpha value is 0.1000. The van der Waals surface area contributed by atoms with Gasteiger partial charge in [0.2, 0.25) is 0 Å². The molecule has 0 radical (unpaired) electrons. The molecule has 0 bridgehead atoms. The zero-order chi connectivity index (χ0) is 11.6. The van der Waals surface area contributed by atoms with E-state index < -0.39 is 5.51 Å². The van der Waals surface area contributed by atoms with Crippen LogP contribution in [-0.4, -0.2) is 23.8 Å². The highest BCUT2D eigenvalue weighted by molar-refractivity contribution is 8.00. The normalized spacial score (nSPS) is 30.2. The molecule has 2 unspecified atom stereocenters. The summed E-state index contributed by atoms with van der Waals surface area (Å²) in [5, 5.41) is 3.47. The molecule has 0 aromatic carbocycles. The summed E-state index contributed by atoms with van der Waals surface area (Å²) in [7, 11) is 0. The summed E-state index contributed by atoms with van der Waals surface area (Å²) in [5.41, 5.74) is -4.05. The Morgan fingerprint density at radius 1 is 1.06 bits per heavy atom. The van der Waals surface area contributed by atoms with Crippen LogP contribution in [0.4, 0.5) is 13.2 Å². The molecule has 2 aliphatic carbocycles. The maximum atomic E-state index is 11.9. The monoisotopic (exact) mass is 253 g/mol. The second-order valence-electron chi connectivity index (χ2n) is 4.86. The van der Waals surface area contributed by atoms with E-state index in [1.54, 1.807) is 0 Å². The molecule has 16 heavy (non-hydrogen) atoms. The first kappa shape index (κ1) is 12.6. The van der Waals surface area contributed by atoms with Gasteiger partial charge in [-0.05, 0) is 50.5 Å². The molecule has 2 atom stereocenters. The first-order chi connectivity index (χ1) is 7.54. The van der Waals surface area contributed by atoms with Crippen LogP contribution in [0.3, 0.4) is 0 Å². The molecule has 0 aromatic heterocycles. The van der Waals surface area contributed by atoms with Crippen LogP contribution in [0.15, 0.2) is 0 Å². The summed E-state index contributed by atoms with van der Waals surface area (Å²) >= 11 is 0.130. The smallest absolute Gasteiger partial charge is 0.314 e. The van der Waals surface area contributed by atoms with E-state index in [2.05, 4.69) is 5.32 Å². The average Bonchev–Trinajstić information content (AvgIpc) is 2.93. The molecule has 0 spiro atoms. The lowest BCUT2D eigenvalue weighted by atomic mass is 9.72. The summed E-state index contributed by atoms with van der Waals surface area (Å²) < 4.78 is 35.8. The highest BCUT2D eigenvalue weighted by Gasteiger charge is 2.34. The van der Waals surface area contributed by atoms with E-state index in [4.69, 9.17) is 0 Å². The number of hydrogen-bond acceptors (Lipinski definition) is 2. The number of nitrogens with one attached hydrogen (secondary N) is 1. The maximum absolute atomic E-state index is 11.9. The standard InChI is InChI=1S/C11H18F3NS/c12-11(13,14)16-6-5-8-1-2-9(8)7-15-10-3-4-10/h8-10,15H,1-7H2. The molecule has 5 heteroatoms. The molecule has 94 valence electrons. The molecular formula is C11H18F3NS. The number of halogens is 3. The van der Waals surface area contributed by atoms with Crippen molar-refractivity contribution in [2.45, 2.75) is 43.7 Å². The number of thioether (sulfide) groups is 1. The number of hydrogen-bond donors (Lipinski definition) is 1. The van der Waals surface area contributed by atoms with Gasteiger partial charge in [-0.1, -0.05) is 11.8 Å². The van der Waals surface area contributed by atoms with E-state index in [0.29, 0.717) is 17.9 Å². The third-order valence-electron chi connectivity index (χ3n) is 3.58. The van der Waals surface area contributed by atoms with Crippen molar-refractivity contribution in [2.24, 2.45) is 11.8 Å². The summed E-state index contributed by atoms with van der Waals surface area (Å²) in [6.45, 7) is 1.02. The third-order valence-corrected chi connectivity index (χ3v) is 4.34. The zero-order valence-corrected chi connectivity index (χ0v) is 10.0. The van der Waals surface area contributed by atoms with Gasteiger partial charge in [-0.3, -0.25) is 0 Å². The minimum Gasteiger partial charge on any atom is -0.314 e. The van der Waals surface area contributed by atoms with Gasteiger partial charge in [0.15, 0.2) is 0 Å². The van der Waals surface area contributed by atoms with E-state index in [0.717, 1.165) is 19.4 Å². The Balaban J connectivity index is 1.55. The average molecular weight is 253 g/mol. The van der Waals surface area contributed by atoms with Gasteiger partial charge in [0.1, 0.15) is 0 Å². The minimum absolute atomic E-state index is 0.130. The molecule has 0 aromatic rings. The highest BCUT2D eigenvalue weighted by atomic mass is 32.2. The van der Waals surface area contributed by atoms with Crippen molar-refractivity contribution in [1.82, 2.24) is 5.32 Å². The van der Waals surface area contributed by atoms with E-state index in [9.17, 15) is 13.2 Å². The Kier molecular flexibility index (Phi) is 4.06. The Labute approximate surface area is 98.5 Å². The van der Waals surface area contributed by atoms with E-state index >= 15 is 0 Å².